The third kappa shape index (κ3) is 4.52. The second-order valence-electron chi connectivity index (χ2n) is 7.10. The van der Waals surface area contributed by atoms with Crippen molar-refractivity contribution in [3.63, 3.8) is 0 Å². The number of amides is 2. The largest absolute Gasteiger partial charge is 0.339 e. The molecule has 0 aliphatic carbocycles. The monoisotopic (exact) mass is 426 g/mol. The Hall–Kier alpha value is -3.19. The predicted molar refractivity (Wildman–Crippen MR) is 111 cm³/mol. The smallest absolute Gasteiger partial charge is 0.274 e. The molecule has 0 N–H and O–H groups in total. The van der Waals surface area contributed by atoms with Gasteiger partial charge in [0.05, 0.1) is 12.1 Å². The minimum atomic E-state index is -0.323. The average molecular weight is 427 g/mol. The van der Waals surface area contributed by atoms with Crippen molar-refractivity contribution in [3.05, 3.63) is 82.9 Å². The van der Waals surface area contributed by atoms with Crippen LogP contribution < -0.4 is 0 Å². The van der Waals surface area contributed by atoms with Gasteiger partial charge in [0.1, 0.15) is 5.82 Å². The van der Waals surface area contributed by atoms with Crippen molar-refractivity contribution >= 4 is 23.4 Å². The number of benzene rings is 2. The molecule has 2 aromatic carbocycles. The van der Waals surface area contributed by atoms with Crippen LogP contribution in [0.4, 0.5) is 4.39 Å². The van der Waals surface area contributed by atoms with Gasteiger partial charge in [-0.05, 0) is 42.0 Å². The standard InChI is InChI=1S/C22H20ClFN4O2/c23-17-2-1-3-19(15-17)28-9-8-20(25-28)22(30)27-12-10-26(11-13-27)21(29)14-16-4-6-18(24)7-5-16/h1-9,15H,10-14H2. The Bertz CT molecular complexity index is 1060. The molecule has 3 aromatic rings. The summed E-state index contributed by atoms with van der Waals surface area (Å²) in [5.41, 5.74) is 1.89. The predicted octanol–water partition coefficient (Wildman–Crippen LogP) is 3.19. The summed E-state index contributed by atoms with van der Waals surface area (Å²) in [4.78, 5) is 28.7. The lowest BCUT2D eigenvalue weighted by Gasteiger charge is -2.34. The van der Waals surface area contributed by atoms with E-state index in [1.54, 1.807) is 51.0 Å². The van der Waals surface area contributed by atoms with Gasteiger partial charge in [-0.2, -0.15) is 5.10 Å². The summed E-state index contributed by atoms with van der Waals surface area (Å²) in [6.45, 7) is 1.80. The summed E-state index contributed by atoms with van der Waals surface area (Å²) in [5.74, 6) is -0.517. The molecule has 1 saturated heterocycles. The van der Waals surface area contributed by atoms with Crippen molar-refractivity contribution in [3.8, 4) is 5.69 Å². The second kappa shape index (κ2) is 8.67. The zero-order valence-electron chi connectivity index (χ0n) is 16.2. The van der Waals surface area contributed by atoms with Gasteiger partial charge >= 0.3 is 0 Å². The maximum atomic E-state index is 13.0. The molecule has 1 fully saturated rings. The fourth-order valence-corrected chi connectivity index (χ4v) is 3.59. The van der Waals surface area contributed by atoms with Gasteiger partial charge in [0.15, 0.2) is 5.69 Å². The number of nitrogens with zero attached hydrogens (tertiary/aromatic N) is 4. The topological polar surface area (TPSA) is 58.4 Å². The molecule has 0 radical (unpaired) electrons. The van der Waals surface area contributed by atoms with E-state index in [2.05, 4.69) is 5.10 Å². The Balaban J connectivity index is 1.34. The highest BCUT2D eigenvalue weighted by Gasteiger charge is 2.26. The molecule has 1 aromatic heterocycles. The molecule has 154 valence electrons. The molecule has 8 heteroatoms. The molecule has 0 unspecified atom stereocenters. The number of carbonyl (C=O) groups excluding carboxylic acids is 2. The van der Waals surface area contributed by atoms with Crippen molar-refractivity contribution in [2.75, 3.05) is 26.2 Å². The molecular formula is C22H20ClFN4O2. The molecule has 0 spiro atoms. The van der Waals surface area contributed by atoms with Crippen LogP contribution in [0.25, 0.3) is 5.69 Å². The molecule has 4 rings (SSSR count). The van der Waals surface area contributed by atoms with E-state index in [1.807, 2.05) is 12.1 Å². The number of aromatic nitrogens is 2. The summed E-state index contributed by atoms with van der Waals surface area (Å²) >= 11 is 6.02. The van der Waals surface area contributed by atoms with Crippen LogP contribution >= 0.6 is 11.6 Å². The number of piperazine rings is 1. The fourth-order valence-electron chi connectivity index (χ4n) is 3.41. The van der Waals surface area contributed by atoms with Gasteiger partial charge in [0.2, 0.25) is 5.91 Å². The van der Waals surface area contributed by atoms with Gasteiger partial charge < -0.3 is 9.80 Å². The van der Waals surface area contributed by atoms with Crippen LogP contribution in [0.1, 0.15) is 16.1 Å². The highest BCUT2D eigenvalue weighted by molar-refractivity contribution is 6.30. The van der Waals surface area contributed by atoms with E-state index in [9.17, 15) is 14.0 Å². The summed E-state index contributed by atoms with van der Waals surface area (Å²) in [6.07, 6.45) is 1.94. The molecule has 2 amide bonds. The fraction of sp³-hybridized carbons (Fsp3) is 0.227. The first-order valence-electron chi connectivity index (χ1n) is 9.63. The van der Waals surface area contributed by atoms with E-state index < -0.39 is 0 Å². The molecule has 2 heterocycles. The van der Waals surface area contributed by atoms with Crippen LogP contribution in [0.5, 0.6) is 0 Å². The lowest BCUT2D eigenvalue weighted by Crippen LogP contribution is -2.51. The van der Waals surface area contributed by atoms with Crippen LogP contribution in [0.2, 0.25) is 5.02 Å². The quantitative estimate of drug-likeness (QED) is 0.643. The molecule has 0 bridgehead atoms. The van der Waals surface area contributed by atoms with Crippen molar-refractivity contribution in [2.24, 2.45) is 0 Å². The van der Waals surface area contributed by atoms with E-state index in [4.69, 9.17) is 11.6 Å². The highest BCUT2D eigenvalue weighted by atomic mass is 35.5. The van der Waals surface area contributed by atoms with Crippen LogP contribution in [-0.4, -0.2) is 57.6 Å². The third-order valence-corrected chi connectivity index (χ3v) is 5.30. The molecule has 30 heavy (non-hydrogen) atoms. The van der Waals surface area contributed by atoms with E-state index in [0.717, 1.165) is 11.3 Å². The molecule has 1 aliphatic rings. The molecule has 0 atom stereocenters. The maximum Gasteiger partial charge on any atom is 0.274 e. The Kier molecular flexibility index (Phi) is 5.81. The van der Waals surface area contributed by atoms with E-state index in [0.29, 0.717) is 36.9 Å². The van der Waals surface area contributed by atoms with E-state index in [1.165, 1.54) is 12.1 Å². The molecule has 6 nitrogen and oxygen atoms in total. The average Bonchev–Trinajstić information content (AvgIpc) is 3.25. The van der Waals surface area contributed by atoms with Gasteiger partial charge in [-0.15, -0.1) is 0 Å². The normalized spacial score (nSPS) is 14.1. The third-order valence-electron chi connectivity index (χ3n) is 5.07. The van der Waals surface area contributed by atoms with Gasteiger partial charge in [0.25, 0.3) is 5.91 Å². The van der Waals surface area contributed by atoms with Gasteiger partial charge in [-0.1, -0.05) is 29.8 Å². The first-order chi connectivity index (χ1) is 14.5. The van der Waals surface area contributed by atoms with E-state index in [-0.39, 0.29) is 24.1 Å². The number of halogens is 2. The Morgan fingerprint density at radius 3 is 2.37 bits per heavy atom. The number of rotatable bonds is 4. The SMILES string of the molecule is O=C(Cc1ccc(F)cc1)N1CCN(C(=O)c2ccn(-c3cccc(Cl)c3)n2)CC1. The first kappa shape index (κ1) is 20.1. The zero-order chi connectivity index (χ0) is 21.1. The van der Waals surface area contributed by atoms with Crippen LogP contribution in [0.15, 0.2) is 60.8 Å². The number of hydrogen-bond acceptors (Lipinski definition) is 3. The minimum absolute atomic E-state index is 0.0288. The Morgan fingerprint density at radius 2 is 1.67 bits per heavy atom. The second-order valence-corrected chi connectivity index (χ2v) is 7.54. The van der Waals surface area contributed by atoms with Gasteiger partial charge in [-0.25, -0.2) is 9.07 Å². The van der Waals surface area contributed by atoms with Crippen LogP contribution in [0, 0.1) is 5.82 Å². The van der Waals surface area contributed by atoms with Crippen molar-refractivity contribution < 1.29 is 14.0 Å². The number of hydrogen-bond donors (Lipinski definition) is 0. The summed E-state index contributed by atoms with van der Waals surface area (Å²) < 4.78 is 14.6. The summed E-state index contributed by atoms with van der Waals surface area (Å²) in [6, 6.07) is 14.8. The molecule has 1 aliphatic heterocycles. The Labute approximate surface area is 178 Å². The summed E-state index contributed by atoms with van der Waals surface area (Å²) in [7, 11) is 0. The first-order valence-corrected chi connectivity index (χ1v) is 10.0. The highest BCUT2D eigenvalue weighted by Crippen LogP contribution is 2.16. The van der Waals surface area contributed by atoms with Crippen LogP contribution in [-0.2, 0) is 11.2 Å². The minimum Gasteiger partial charge on any atom is -0.339 e. The molecular weight excluding hydrogens is 407 g/mol. The zero-order valence-corrected chi connectivity index (χ0v) is 16.9. The summed E-state index contributed by atoms with van der Waals surface area (Å²) in [5, 5.41) is 4.96. The van der Waals surface area contributed by atoms with Crippen molar-refractivity contribution in [2.45, 2.75) is 6.42 Å². The van der Waals surface area contributed by atoms with Gasteiger partial charge in [0, 0.05) is 37.4 Å². The van der Waals surface area contributed by atoms with E-state index >= 15 is 0 Å². The maximum absolute atomic E-state index is 13.0. The Morgan fingerprint density at radius 1 is 0.967 bits per heavy atom. The lowest BCUT2D eigenvalue weighted by atomic mass is 10.1. The lowest BCUT2D eigenvalue weighted by molar-refractivity contribution is -0.131. The van der Waals surface area contributed by atoms with Crippen LogP contribution in [0.3, 0.4) is 0 Å². The molecule has 0 saturated carbocycles. The van der Waals surface area contributed by atoms with Crippen molar-refractivity contribution in [1.29, 1.82) is 0 Å². The number of carbonyl (C=O) groups is 2. The van der Waals surface area contributed by atoms with Crippen molar-refractivity contribution in [1.82, 2.24) is 19.6 Å². The van der Waals surface area contributed by atoms with Gasteiger partial charge in [-0.3, -0.25) is 9.59 Å².